The van der Waals surface area contributed by atoms with E-state index >= 15 is 0 Å². The molecule has 0 aliphatic heterocycles. The number of hydrogen-bond donors (Lipinski definition) is 2. The number of hydrogen-bond acceptors (Lipinski definition) is 4. The smallest absolute Gasteiger partial charge is 0.274 e. The molecule has 1 unspecified atom stereocenters. The zero-order chi connectivity index (χ0) is 16.9. The maximum absolute atomic E-state index is 12.3. The molecule has 3 aromatic rings. The fourth-order valence-electron chi connectivity index (χ4n) is 2.29. The van der Waals surface area contributed by atoms with E-state index in [1.54, 1.807) is 24.3 Å². The highest BCUT2D eigenvalue weighted by Crippen LogP contribution is 2.20. The lowest BCUT2D eigenvalue weighted by molar-refractivity contribution is -0.120. The van der Waals surface area contributed by atoms with Crippen LogP contribution in [0.1, 0.15) is 22.1 Å². The maximum Gasteiger partial charge on any atom is 0.274 e. The summed E-state index contributed by atoms with van der Waals surface area (Å²) in [5.74, 6) is -0.717. The van der Waals surface area contributed by atoms with E-state index in [2.05, 4.69) is 10.5 Å². The lowest BCUT2D eigenvalue weighted by Gasteiger charge is -2.14. The number of nitrogens with zero attached hydrogens (tertiary/aromatic N) is 1. The van der Waals surface area contributed by atoms with Gasteiger partial charge in [0, 0.05) is 11.6 Å². The molecule has 2 amide bonds. The molecule has 0 aliphatic carbocycles. The van der Waals surface area contributed by atoms with Gasteiger partial charge in [-0.15, -0.1) is 0 Å². The summed E-state index contributed by atoms with van der Waals surface area (Å²) in [5.41, 5.74) is 6.88. The highest BCUT2D eigenvalue weighted by molar-refractivity contribution is 5.96. The van der Waals surface area contributed by atoms with E-state index in [1.165, 1.54) is 6.07 Å². The van der Waals surface area contributed by atoms with Crippen LogP contribution < -0.4 is 11.1 Å². The van der Waals surface area contributed by atoms with Crippen LogP contribution in [0, 0.1) is 0 Å². The monoisotopic (exact) mass is 321 g/mol. The van der Waals surface area contributed by atoms with Gasteiger partial charge in [0.05, 0.1) is 0 Å². The molecule has 24 heavy (non-hydrogen) atoms. The van der Waals surface area contributed by atoms with Gasteiger partial charge in [0.2, 0.25) is 5.91 Å². The quantitative estimate of drug-likeness (QED) is 0.753. The molecule has 6 heteroatoms. The van der Waals surface area contributed by atoms with Crippen LogP contribution in [0.15, 0.2) is 71.3 Å². The molecule has 6 nitrogen and oxygen atoms in total. The second-order valence-corrected chi connectivity index (χ2v) is 5.16. The average Bonchev–Trinajstić information content (AvgIpc) is 3.11. The van der Waals surface area contributed by atoms with Crippen molar-refractivity contribution in [1.82, 2.24) is 10.5 Å². The van der Waals surface area contributed by atoms with Crippen LogP contribution in [0.4, 0.5) is 0 Å². The SMILES string of the molecule is NC(=O)C(NC(=O)c1cc(-c2ccccc2)on1)c1ccccc1. The Kier molecular flexibility index (Phi) is 4.38. The van der Waals surface area contributed by atoms with Crippen molar-refractivity contribution in [2.24, 2.45) is 5.73 Å². The van der Waals surface area contributed by atoms with Gasteiger partial charge in [-0.1, -0.05) is 65.8 Å². The Bertz CT molecular complexity index is 844. The Balaban J connectivity index is 1.79. The second kappa shape index (κ2) is 6.78. The topological polar surface area (TPSA) is 98.2 Å². The Morgan fingerprint density at radius 3 is 2.25 bits per heavy atom. The summed E-state index contributed by atoms with van der Waals surface area (Å²) in [7, 11) is 0. The van der Waals surface area contributed by atoms with Crippen molar-refractivity contribution in [2.45, 2.75) is 6.04 Å². The normalized spacial score (nSPS) is 11.7. The predicted molar refractivity (Wildman–Crippen MR) is 87.8 cm³/mol. The Hall–Kier alpha value is -3.41. The number of aromatic nitrogens is 1. The number of carbonyl (C=O) groups is 2. The van der Waals surface area contributed by atoms with Crippen LogP contribution in [0.25, 0.3) is 11.3 Å². The summed E-state index contributed by atoms with van der Waals surface area (Å²) >= 11 is 0. The fraction of sp³-hybridized carbons (Fsp3) is 0.0556. The highest BCUT2D eigenvalue weighted by atomic mass is 16.5. The van der Waals surface area contributed by atoms with Gasteiger partial charge in [-0.3, -0.25) is 9.59 Å². The van der Waals surface area contributed by atoms with Gasteiger partial charge >= 0.3 is 0 Å². The lowest BCUT2D eigenvalue weighted by Crippen LogP contribution is -2.37. The van der Waals surface area contributed by atoms with E-state index in [0.29, 0.717) is 11.3 Å². The third-order valence-electron chi connectivity index (χ3n) is 3.49. The van der Waals surface area contributed by atoms with Crippen molar-refractivity contribution in [2.75, 3.05) is 0 Å². The molecule has 0 fully saturated rings. The van der Waals surface area contributed by atoms with Crippen molar-refractivity contribution < 1.29 is 14.1 Å². The molecule has 0 saturated heterocycles. The van der Waals surface area contributed by atoms with Crippen LogP contribution in [0.5, 0.6) is 0 Å². The minimum Gasteiger partial charge on any atom is -0.368 e. The van der Waals surface area contributed by atoms with Gasteiger partial charge < -0.3 is 15.6 Å². The summed E-state index contributed by atoms with van der Waals surface area (Å²) in [6, 6.07) is 18.6. The second-order valence-electron chi connectivity index (χ2n) is 5.16. The van der Waals surface area contributed by atoms with E-state index in [-0.39, 0.29) is 5.69 Å². The third-order valence-corrected chi connectivity index (χ3v) is 3.49. The number of benzene rings is 2. The van der Waals surface area contributed by atoms with Crippen molar-refractivity contribution in [3.8, 4) is 11.3 Å². The summed E-state index contributed by atoms with van der Waals surface area (Å²) in [5, 5.41) is 6.34. The van der Waals surface area contributed by atoms with Crippen LogP contribution >= 0.6 is 0 Å². The summed E-state index contributed by atoms with van der Waals surface area (Å²) in [6.07, 6.45) is 0. The Labute approximate surface area is 138 Å². The molecule has 3 rings (SSSR count). The van der Waals surface area contributed by atoms with Gasteiger partial charge in [0.15, 0.2) is 11.5 Å². The molecule has 120 valence electrons. The highest BCUT2D eigenvalue weighted by Gasteiger charge is 2.22. The zero-order valence-electron chi connectivity index (χ0n) is 12.7. The molecule has 0 saturated carbocycles. The number of rotatable bonds is 5. The van der Waals surface area contributed by atoms with E-state index in [4.69, 9.17) is 10.3 Å². The Morgan fingerprint density at radius 2 is 1.62 bits per heavy atom. The standard InChI is InChI=1S/C18H15N3O3/c19-17(22)16(13-9-5-2-6-10-13)20-18(23)14-11-15(24-21-14)12-7-3-1-4-8-12/h1-11,16H,(H2,19,22)(H,20,23). The number of nitrogens with two attached hydrogens (primary N) is 1. The minimum atomic E-state index is -0.935. The van der Waals surface area contributed by atoms with Gasteiger partial charge in [-0.05, 0) is 5.56 Å². The minimum absolute atomic E-state index is 0.0797. The van der Waals surface area contributed by atoms with E-state index in [9.17, 15) is 9.59 Å². The molecule has 0 radical (unpaired) electrons. The van der Waals surface area contributed by atoms with Gasteiger partial charge in [-0.2, -0.15) is 0 Å². The molecular weight excluding hydrogens is 306 g/mol. The van der Waals surface area contributed by atoms with Crippen molar-refractivity contribution in [3.05, 3.63) is 78.0 Å². The summed E-state index contributed by atoms with van der Waals surface area (Å²) in [6.45, 7) is 0. The molecular formula is C18H15N3O3. The molecule has 3 N–H and O–H groups in total. The number of nitrogens with one attached hydrogen (secondary N) is 1. The van der Waals surface area contributed by atoms with Gasteiger partial charge in [-0.25, -0.2) is 0 Å². The first-order chi connectivity index (χ1) is 11.6. The first kappa shape index (κ1) is 15.5. The lowest BCUT2D eigenvalue weighted by atomic mass is 10.1. The summed E-state index contributed by atoms with van der Waals surface area (Å²) in [4.78, 5) is 24.0. The van der Waals surface area contributed by atoms with Crippen molar-refractivity contribution in [1.29, 1.82) is 0 Å². The van der Waals surface area contributed by atoms with Crippen LogP contribution in [0.2, 0.25) is 0 Å². The molecule has 1 heterocycles. The molecule has 1 atom stereocenters. The molecule has 0 bridgehead atoms. The molecule has 0 aliphatic rings. The zero-order valence-corrected chi connectivity index (χ0v) is 12.7. The average molecular weight is 321 g/mol. The number of amides is 2. The Morgan fingerprint density at radius 1 is 1.00 bits per heavy atom. The largest absolute Gasteiger partial charge is 0.368 e. The van der Waals surface area contributed by atoms with E-state index in [1.807, 2.05) is 36.4 Å². The number of carbonyl (C=O) groups excluding carboxylic acids is 2. The fourth-order valence-corrected chi connectivity index (χ4v) is 2.29. The van der Waals surface area contributed by atoms with Crippen LogP contribution in [-0.2, 0) is 4.79 Å². The van der Waals surface area contributed by atoms with Crippen LogP contribution in [0.3, 0.4) is 0 Å². The maximum atomic E-state index is 12.3. The van der Waals surface area contributed by atoms with E-state index < -0.39 is 17.9 Å². The van der Waals surface area contributed by atoms with Gasteiger partial charge in [0.25, 0.3) is 5.91 Å². The number of primary amides is 1. The van der Waals surface area contributed by atoms with Gasteiger partial charge in [0.1, 0.15) is 6.04 Å². The third kappa shape index (κ3) is 3.33. The molecule has 0 spiro atoms. The molecule has 1 aromatic heterocycles. The molecule has 2 aromatic carbocycles. The van der Waals surface area contributed by atoms with E-state index in [0.717, 1.165) is 5.56 Å². The van der Waals surface area contributed by atoms with Crippen molar-refractivity contribution >= 4 is 11.8 Å². The van der Waals surface area contributed by atoms with Crippen LogP contribution in [-0.4, -0.2) is 17.0 Å². The van der Waals surface area contributed by atoms with Crippen molar-refractivity contribution in [3.63, 3.8) is 0 Å². The first-order valence-electron chi connectivity index (χ1n) is 7.32. The summed E-state index contributed by atoms with van der Waals surface area (Å²) < 4.78 is 5.19. The first-order valence-corrected chi connectivity index (χ1v) is 7.32. The predicted octanol–water partition coefficient (Wildman–Crippen LogP) is 2.30.